The number of carbonyl (C=O) groups excluding carboxylic acids is 1. The number of rotatable bonds is 3. The van der Waals surface area contributed by atoms with Gasteiger partial charge in [-0.05, 0) is 0 Å². The van der Waals surface area contributed by atoms with Crippen molar-refractivity contribution in [2.45, 2.75) is 19.9 Å². The van der Waals surface area contributed by atoms with Crippen LogP contribution in [0.15, 0.2) is 30.3 Å². The van der Waals surface area contributed by atoms with Crippen molar-refractivity contribution in [3.05, 3.63) is 46.0 Å². The van der Waals surface area contributed by atoms with Crippen molar-refractivity contribution >= 4 is 20.6 Å². The normalized spacial score (nSPS) is 12.2. The number of benzene rings is 1. The molecule has 0 spiro atoms. The predicted molar refractivity (Wildman–Crippen MR) is 70.7 cm³/mol. The van der Waals surface area contributed by atoms with E-state index >= 15 is 0 Å². The van der Waals surface area contributed by atoms with Crippen LogP contribution in [-0.4, -0.2) is 41.8 Å². The average molecular weight is 308 g/mol. The van der Waals surface area contributed by atoms with E-state index in [0.717, 1.165) is 15.7 Å². The van der Waals surface area contributed by atoms with E-state index in [1.165, 1.54) is 0 Å². The molecule has 18 heavy (non-hydrogen) atoms. The number of carbonyl (C=O) groups is 1. The average Bonchev–Trinajstić information content (AvgIpc) is 2.83. The van der Waals surface area contributed by atoms with Gasteiger partial charge >= 0.3 is 112 Å². The first-order valence-electron chi connectivity index (χ1n) is 5.72. The van der Waals surface area contributed by atoms with Gasteiger partial charge in [0.2, 0.25) is 0 Å². The first-order valence-corrected chi connectivity index (χ1v) is 7.34. The molecule has 0 radical (unpaired) electrons. The summed E-state index contributed by atoms with van der Waals surface area (Å²) in [5, 5.41) is 3.94. The Morgan fingerprint density at radius 3 is 2.56 bits per heavy atom. The van der Waals surface area contributed by atoms with Gasteiger partial charge in [-0.15, -0.1) is 0 Å². The fraction of sp³-hybridized carbons (Fsp3) is 0.308. The van der Waals surface area contributed by atoms with Gasteiger partial charge in [0, 0.05) is 0 Å². The molecule has 94 valence electrons. The zero-order valence-corrected chi connectivity index (χ0v) is 12.3. The summed E-state index contributed by atoms with van der Waals surface area (Å²) in [5.41, 5.74) is 1.89. The van der Waals surface area contributed by atoms with Crippen LogP contribution in [0, 0.1) is 6.92 Å². The van der Waals surface area contributed by atoms with Crippen molar-refractivity contribution in [2.24, 2.45) is 0 Å². The number of aromatic nitrogens is 2. The van der Waals surface area contributed by atoms with Crippen molar-refractivity contribution in [3.63, 3.8) is 0 Å². The van der Waals surface area contributed by atoms with Crippen LogP contribution in [0.3, 0.4) is 0 Å². The van der Waals surface area contributed by atoms with Gasteiger partial charge in [0.15, 0.2) is 0 Å². The van der Waals surface area contributed by atoms with Gasteiger partial charge in [-0.3, -0.25) is 0 Å². The molecule has 0 bridgehead atoms. The fourth-order valence-corrected chi connectivity index (χ4v) is 3.06. The zero-order chi connectivity index (χ0) is 13.1. The molecule has 1 amide bonds. The molecule has 0 saturated carbocycles. The van der Waals surface area contributed by atoms with Crippen LogP contribution in [0.25, 0.3) is 0 Å². The van der Waals surface area contributed by atoms with Crippen LogP contribution in [0.1, 0.15) is 33.5 Å². The molecule has 1 aromatic carbocycles. The summed E-state index contributed by atoms with van der Waals surface area (Å²) in [6.07, 6.45) is 0. The van der Waals surface area contributed by atoms with Gasteiger partial charge in [-0.1, -0.05) is 0 Å². The molecule has 0 saturated heterocycles. The zero-order valence-electron chi connectivity index (χ0n) is 10.6. The third-order valence-corrected chi connectivity index (χ3v) is 4.74. The third-order valence-electron chi connectivity index (χ3n) is 3.03. The van der Waals surface area contributed by atoms with Crippen molar-refractivity contribution in [3.8, 4) is 0 Å². The van der Waals surface area contributed by atoms with E-state index < -0.39 is 0 Å². The number of hydrogen-bond donors (Lipinski definition) is 0. The van der Waals surface area contributed by atoms with Gasteiger partial charge in [0.05, 0.1) is 0 Å². The van der Waals surface area contributed by atoms with E-state index in [1.54, 1.807) is 4.90 Å². The number of nitrogens with zero attached hydrogens (tertiary/aromatic N) is 3. The maximum absolute atomic E-state index is 12.3. The minimum atomic E-state index is -0.161. The van der Waals surface area contributed by atoms with Crippen molar-refractivity contribution < 1.29 is 4.79 Å². The Bertz CT molecular complexity index is 538. The molecule has 5 heteroatoms. The summed E-state index contributed by atoms with van der Waals surface area (Å²) < 4.78 is 4.70. The molecule has 0 aliphatic carbocycles. The van der Waals surface area contributed by atoms with Gasteiger partial charge in [0.25, 0.3) is 0 Å². The van der Waals surface area contributed by atoms with Crippen LogP contribution in [0.5, 0.6) is 0 Å². The van der Waals surface area contributed by atoms with Crippen molar-refractivity contribution in [1.82, 2.24) is 14.1 Å². The molecule has 0 aliphatic heterocycles. The molecule has 1 heterocycles. The quantitative estimate of drug-likeness (QED) is 0.811. The van der Waals surface area contributed by atoms with Crippen molar-refractivity contribution in [1.29, 1.82) is 0 Å². The third kappa shape index (κ3) is 2.52. The molecule has 0 N–H and O–H groups in total. The van der Waals surface area contributed by atoms with E-state index in [4.69, 9.17) is 0 Å². The molecule has 4 nitrogen and oxygen atoms in total. The van der Waals surface area contributed by atoms with Crippen LogP contribution in [0.2, 0.25) is 0 Å². The SMILES string of the molecule is Cc1nn[se]c1C(=O)N(C)[C@H](C)c1ccccc1. The van der Waals surface area contributed by atoms with E-state index in [2.05, 4.69) is 9.19 Å². The van der Waals surface area contributed by atoms with Crippen molar-refractivity contribution in [2.75, 3.05) is 7.05 Å². The Balaban J connectivity index is 2.20. The second-order valence-electron chi connectivity index (χ2n) is 4.19. The van der Waals surface area contributed by atoms with Crippen LogP contribution < -0.4 is 0 Å². The van der Waals surface area contributed by atoms with E-state index in [1.807, 2.05) is 51.2 Å². The summed E-state index contributed by atoms with van der Waals surface area (Å²) in [7, 11) is 1.83. The van der Waals surface area contributed by atoms with E-state index in [-0.39, 0.29) is 26.7 Å². The van der Waals surface area contributed by atoms with Crippen LogP contribution >= 0.6 is 0 Å². The molecule has 1 atom stereocenters. The predicted octanol–water partition coefficient (Wildman–Crippen LogP) is 1.68. The number of hydrogen-bond acceptors (Lipinski definition) is 3. The second kappa shape index (κ2) is 5.46. The number of aryl methyl sites for hydroxylation is 1. The first-order chi connectivity index (χ1) is 8.61. The van der Waals surface area contributed by atoms with E-state index in [0.29, 0.717) is 0 Å². The second-order valence-corrected chi connectivity index (χ2v) is 5.77. The first kappa shape index (κ1) is 13.0. The topological polar surface area (TPSA) is 46.1 Å². The molecule has 2 aromatic rings. The van der Waals surface area contributed by atoms with E-state index in [9.17, 15) is 4.79 Å². The van der Waals surface area contributed by atoms with Crippen LogP contribution in [0.4, 0.5) is 0 Å². The fourth-order valence-electron chi connectivity index (χ4n) is 1.72. The molecule has 0 fully saturated rings. The molecule has 0 unspecified atom stereocenters. The molecule has 0 aliphatic rings. The Morgan fingerprint density at radius 1 is 1.33 bits per heavy atom. The molecule has 2 rings (SSSR count). The summed E-state index contributed by atoms with van der Waals surface area (Å²) in [4.78, 5) is 14.1. The Hall–Kier alpha value is -1.45. The molecule has 1 aromatic heterocycles. The standard InChI is InChI=1S/C13H15N3OSe/c1-9-12(18-15-14-9)13(17)16(3)10(2)11-7-5-4-6-8-11/h4-8,10H,1-3H3/t10-/m1/s1. The van der Waals surface area contributed by atoms with Gasteiger partial charge in [-0.25, -0.2) is 0 Å². The minimum absolute atomic E-state index is 0.0360. The van der Waals surface area contributed by atoms with Gasteiger partial charge in [0.1, 0.15) is 0 Å². The van der Waals surface area contributed by atoms with Gasteiger partial charge in [-0.2, -0.15) is 0 Å². The summed E-state index contributed by atoms with van der Waals surface area (Å²) in [6, 6.07) is 10.1. The monoisotopic (exact) mass is 309 g/mol. The Labute approximate surface area is 113 Å². The summed E-state index contributed by atoms with van der Waals surface area (Å²) >= 11 is -0.161. The number of amides is 1. The summed E-state index contributed by atoms with van der Waals surface area (Å²) in [6.45, 7) is 3.87. The molecular formula is C13H15N3OSe. The summed E-state index contributed by atoms with van der Waals surface area (Å²) in [5.74, 6) is 0.0360. The van der Waals surface area contributed by atoms with Crippen LogP contribution in [-0.2, 0) is 0 Å². The Morgan fingerprint density at radius 2 is 2.00 bits per heavy atom. The molecular weight excluding hydrogens is 293 g/mol. The Kier molecular flexibility index (Phi) is 3.94. The maximum atomic E-state index is 12.3. The van der Waals surface area contributed by atoms with Gasteiger partial charge < -0.3 is 0 Å².